The lowest BCUT2D eigenvalue weighted by Gasteiger charge is -2.17. The highest BCUT2D eigenvalue weighted by Crippen LogP contribution is 2.28. The molecule has 2 aromatic heterocycles. The van der Waals surface area contributed by atoms with Crippen molar-refractivity contribution in [3.8, 4) is 0 Å². The minimum atomic E-state index is -0.483. The van der Waals surface area contributed by atoms with Gasteiger partial charge in [-0.1, -0.05) is 11.6 Å². The average Bonchev–Trinajstić information content (AvgIpc) is 2.84. The van der Waals surface area contributed by atoms with Crippen molar-refractivity contribution < 1.29 is 4.92 Å². The number of aromatic nitrogens is 2. The summed E-state index contributed by atoms with van der Waals surface area (Å²) in [5, 5.41) is 14.1. The third kappa shape index (κ3) is 3.79. The summed E-state index contributed by atoms with van der Waals surface area (Å²) in [6.45, 7) is 3.03. The highest BCUT2D eigenvalue weighted by atomic mass is 35.5. The fourth-order valence-electron chi connectivity index (χ4n) is 1.76. The number of hydrogen-bond acceptors (Lipinski definition) is 7. The molecule has 21 heavy (non-hydrogen) atoms. The predicted molar refractivity (Wildman–Crippen MR) is 84.3 cm³/mol. The summed E-state index contributed by atoms with van der Waals surface area (Å²) in [6, 6.07) is 3.69. The van der Waals surface area contributed by atoms with Crippen LogP contribution in [0.1, 0.15) is 11.8 Å². The summed E-state index contributed by atoms with van der Waals surface area (Å²) >= 11 is 7.33. The highest BCUT2D eigenvalue weighted by molar-refractivity contribution is 7.16. The van der Waals surface area contributed by atoms with E-state index in [-0.39, 0.29) is 11.5 Å². The maximum absolute atomic E-state index is 11.1. The van der Waals surface area contributed by atoms with Crippen molar-refractivity contribution in [3.63, 3.8) is 0 Å². The molecule has 0 atom stereocenters. The van der Waals surface area contributed by atoms with Crippen LogP contribution in [0.2, 0.25) is 4.34 Å². The van der Waals surface area contributed by atoms with Crippen molar-refractivity contribution >= 4 is 40.4 Å². The van der Waals surface area contributed by atoms with E-state index in [9.17, 15) is 10.1 Å². The van der Waals surface area contributed by atoms with Crippen molar-refractivity contribution in [1.82, 2.24) is 9.97 Å². The first-order valence-electron chi connectivity index (χ1n) is 6.22. The predicted octanol–water partition coefficient (Wildman–Crippen LogP) is 3.17. The fraction of sp³-hybridized carbons (Fsp3) is 0.333. The van der Waals surface area contributed by atoms with E-state index in [1.165, 1.54) is 17.5 Å². The molecule has 0 aliphatic carbocycles. The maximum atomic E-state index is 11.1. The summed E-state index contributed by atoms with van der Waals surface area (Å²) in [5.74, 6) is 0.643. The van der Waals surface area contributed by atoms with Crippen LogP contribution in [0.25, 0.3) is 0 Å². The Morgan fingerprint density at radius 1 is 1.52 bits per heavy atom. The number of halogens is 1. The lowest BCUT2D eigenvalue weighted by Crippen LogP contribution is -2.19. The van der Waals surface area contributed by atoms with Crippen LogP contribution in [0.5, 0.6) is 0 Å². The van der Waals surface area contributed by atoms with Crippen molar-refractivity contribution in [2.45, 2.75) is 13.5 Å². The standard InChI is InChI=1S/C12H14ClN5O2S/c1-3-14-12-15-6-9(18(19)20)11(16-12)17(2)7-8-4-5-10(13)21-8/h4-6H,3,7H2,1-2H3,(H,14,15,16). The van der Waals surface area contributed by atoms with Gasteiger partial charge >= 0.3 is 5.69 Å². The monoisotopic (exact) mass is 327 g/mol. The number of hydrogen-bond donors (Lipinski definition) is 1. The van der Waals surface area contributed by atoms with Gasteiger partial charge in [-0.3, -0.25) is 10.1 Å². The fourth-order valence-corrected chi connectivity index (χ4v) is 2.91. The molecule has 112 valence electrons. The van der Waals surface area contributed by atoms with Crippen LogP contribution < -0.4 is 10.2 Å². The number of nitro groups is 1. The van der Waals surface area contributed by atoms with Gasteiger partial charge in [0.05, 0.1) is 15.8 Å². The van der Waals surface area contributed by atoms with E-state index >= 15 is 0 Å². The van der Waals surface area contributed by atoms with E-state index in [0.717, 1.165) is 4.88 Å². The maximum Gasteiger partial charge on any atom is 0.329 e. The highest BCUT2D eigenvalue weighted by Gasteiger charge is 2.21. The van der Waals surface area contributed by atoms with Gasteiger partial charge in [-0.15, -0.1) is 11.3 Å². The molecule has 2 heterocycles. The van der Waals surface area contributed by atoms with Gasteiger partial charge in [-0.25, -0.2) is 4.98 Å². The third-order valence-electron chi connectivity index (χ3n) is 2.67. The molecule has 1 N–H and O–H groups in total. The Balaban J connectivity index is 2.30. The van der Waals surface area contributed by atoms with Gasteiger partial charge in [0.15, 0.2) is 0 Å². The number of anilines is 2. The van der Waals surface area contributed by atoms with Crippen LogP contribution >= 0.6 is 22.9 Å². The number of rotatable bonds is 6. The van der Waals surface area contributed by atoms with E-state index < -0.39 is 4.92 Å². The molecule has 0 bridgehead atoms. The molecule has 0 fully saturated rings. The molecule has 0 aliphatic rings. The summed E-state index contributed by atoms with van der Waals surface area (Å²) in [7, 11) is 1.75. The Bertz CT molecular complexity index is 648. The van der Waals surface area contributed by atoms with E-state index in [4.69, 9.17) is 11.6 Å². The SMILES string of the molecule is CCNc1ncc([N+](=O)[O-])c(N(C)Cc2ccc(Cl)s2)n1. The molecule has 0 spiro atoms. The molecule has 0 unspecified atom stereocenters. The Kier molecular flexibility index (Phi) is 4.92. The third-order valence-corrected chi connectivity index (χ3v) is 3.88. The smallest absolute Gasteiger partial charge is 0.329 e. The van der Waals surface area contributed by atoms with E-state index in [0.29, 0.717) is 23.4 Å². The zero-order valence-electron chi connectivity index (χ0n) is 11.5. The van der Waals surface area contributed by atoms with Crippen LogP contribution in [0.15, 0.2) is 18.3 Å². The Hall–Kier alpha value is -1.93. The van der Waals surface area contributed by atoms with Gasteiger partial charge in [0, 0.05) is 18.5 Å². The largest absolute Gasteiger partial charge is 0.354 e. The van der Waals surface area contributed by atoms with Gasteiger partial charge < -0.3 is 10.2 Å². The first-order valence-corrected chi connectivity index (χ1v) is 7.41. The van der Waals surface area contributed by atoms with Crippen molar-refractivity contribution in [2.75, 3.05) is 23.8 Å². The number of nitrogens with one attached hydrogen (secondary N) is 1. The first-order chi connectivity index (χ1) is 10.0. The van der Waals surface area contributed by atoms with Crippen molar-refractivity contribution in [3.05, 3.63) is 37.7 Å². The van der Waals surface area contributed by atoms with Crippen LogP contribution in [0, 0.1) is 10.1 Å². The van der Waals surface area contributed by atoms with Gasteiger partial charge in [0.2, 0.25) is 11.8 Å². The summed E-state index contributed by atoms with van der Waals surface area (Å²) in [5.41, 5.74) is -0.123. The second kappa shape index (κ2) is 6.68. The molecule has 9 heteroatoms. The molecule has 2 aromatic rings. The average molecular weight is 328 g/mol. The summed E-state index contributed by atoms with van der Waals surface area (Å²) in [6.07, 6.45) is 1.22. The summed E-state index contributed by atoms with van der Waals surface area (Å²) < 4.78 is 0.684. The minimum absolute atomic E-state index is 0.123. The van der Waals surface area contributed by atoms with Gasteiger partial charge in [-0.2, -0.15) is 4.98 Å². The lowest BCUT2D eigenvalue weighted by molar-refractivity contribution is -0.384. The quantitative estimate of drug-likeness (QED) is 0.648. The van der Waals surface area contributed by atoms with Crippen LogP contribution in [-0.4, -0.2) is 28.5 Å². The molecule has 0 saturated heterocycles. The molecule has 0 aromatic carbocycles. The van der Waals surface area contributed by atoms with E-state index in [2.05, 4.69) is 15.3 Å². The topological polar surface area (TPSA) is 84.2 Å². The molecule has 0 amide bonds. The number of thiophene rings is 1. The lowest BCUT2D eigenvalue weighted by atomic mass is 10.4. The first kappa shape index (κ1) is 15.5. The number of nitrogens with zero attached hydrogens (tertiary/aromatic N) is 4. The van der Waals surface area contributed by atoms with E-state index in [1.807, 2.05) is 13.0 Å². The van der Waals surface area contributed by atoms with Crippen LogP contribution in [-0.2, 0) is 6.54 Å². The normalized spacial score (nSPS) is 10.4. The molecule has 7 nitrogen and oxygen atoms in total. The zero-order chi connectivity index (χ0) is 15.4. The molecular weight excluding hydrogens is 314 g/mol. The van der Waals surface area contributed by atoms with Gasteiger partial charge in [0.25, 0.3) is 0 Å². The van der Waals surface area contributed by atoms with Crippen LogP contribution in [0.3, 0.4) is 0 Å². The molecule has 2 rings (SSSR count). The Labute approximate surface area is 130 Å². The van der Waals surface area contributed by atoms with Gasteiger partial charge in [-0.05, 0) is 19.1 Å². The molecule has 0 radical (unpaired) electrons. The Morgan fingerprint density at radius 2 is 2.29 bits per heavy atom. The van der Waals surface area contributed by atoms with Gasteiger partial charge in [0.1, 0.15) is 6.20 Å². The Morgan fingerprint density at radius 3 is 2.86 bits per heavy atom. The van der Waals surface area contributed by atoms with Crippen LogP contribution in [0.4, 0.5) is 17.5 Å². The minimum Gasteiger partial charge on any atom is -0.354 e. The molecule has 0 saturated carbocycles. The van der Waals surface area contributed by atoms with E-state index in [1.54, 1.807) is 18.0 Å². The molecule has 0 aliphatic heterocycles. The second-order valence-electron chi connectivity index (χ2n) is 4.25. The van der Waals surface area contributed by atoms with Crippen molar-refractivity contribution in [2.24, 2.45) is 0 Å². The second-order valence-corrected chi connectivity index (χ2v) is 6.05. The molecular formula is C12H14ClN5O2S. The summed E-state index contributed by atoms with van der Waals surface area (Å²) in [4.78, 5) is 21.5. The van der Waals surface area contributed by atoms with Crippen molar-refractivity contribution in [1.29, 1.82) is 0 Å². The zero-order valence-corrected chi connectivity index (χ0v) is 13.1.